The van der Waals surface area contributed by atoms with E-state index in [0.29, 0.717) is 0 Å². The van der Waals surface area contributed by atoms with Crippen LogP contribution in [0.4, 0.5) is 11.4 Å². The summed E-state index contributed by atoms with van der Waals surface area (Å²) in [5, 5.41) is 5.24. The maximum atomic E-state index is 2.60. The van der Waals surface area contributed by atoms with Gasteiger partial charge in [-0.2, -0.15) is 0 Å². The van der Waals surface area contributed by atoms with Gasteiger partial charge in [-0.1, -0.05) is 141 Å². The van der Waals surface area contributed by atoms with E-state index in [1.165, 1.54) is 83.0 Å². The molecule has 0 bridgehead atoms. The lowest BCUT2D eigenvalue weighted by Crippen LogP contribution is -2.25. The first kappa shape index (κ1) is 26.3. The molecule has 9 rings (SSSR count). The van der Waals surface area contributed by atoms with Crippen molar-refractivity contribution in [2.45, 2.75) is 32.1 Å². The number of hydrogen-bond acceptors (Lipinski definition) is 1. The minimum Gasteiger partial charge on any atom is -0.340 e. The molecule has 1 heteroatoms. The Kier molecular flexibility index (Phi) is 5.80. The van der Waals surface area contributed by atoms with Crippen LogP contribution in [0.2, 0.25) is 0 Å². The van der Waals surface area contributed by atoms with Gasteiger partial charge >= 0.3 is 0 Å². The molecule has 1 heterocycles. The Morgan fingerprint density at radius 1 is 0.511 bits per heavy atom. The van der Waals surface area contributed by atoms with Gasteiger partial charge in [-0.15, -0.1) is 0 Å². The summed E-state index contributed by atoms with van der Waals surface area (Å²) in [7, 11) is 0. The van der Waals surface area contributed by atoms with E-state index >= 15 is 0 Å². The highest BCUT2D eigenvalue weighted by Crippen LogP contribution is 2.55. The Morgan fingerprint density at radius 2 is 1.20 bits per heavy atom. The molecule has 0 amide bonds. The molecule has 0 fully saturated rings. The van der Waals surface area contributed by atoms with Gasteiger partial charge in [-0.25, -0.2) is 0 Å². The van der Waals surface area contributed by atoms with E-state index in [9.17, 15) is 0 Å². The van der Waals surface area contributed by atoms with Gasteiger partial charge in [0.15, 0.2) is 0 Å². The zero-order chi connectivity index (χ0) is 30.1. The molecule has 1 aliphatic heterocycles. The maximum absolute atomic E-state index is 2.60. The van der Waals surface area contributed by atoms with E-state index in [1.807, 2.05) is 0 Å². The van der Waals surface area contributed by atoms with Crippen molar-refractivity contribution in [1.29, 1.82) is 0 Å². The Hall–Kier alpha value is -5.14. The van der Waals surface area contributed by atoms with E-state index in [0.717, 1.165) is 19.4 Å². The minimum atomic E-state index is -0.0554. The summed E-state index contributed by atoms with van der Waals surface area (Å²) in [5.74, 6) is 0. The Balaban J connectivity index is 1.43. The van der Waals surface area contributed by atoms with Gasteiger partial charge in [0.25, 0.3) is 0 Å². The molecule has 0 spiro atoms. The summed E-state index contributed by atoms with van der Waals surface area (Å²) < 4.78 is 0. The third-order valence-electron chi connectivity index (χ3n) is 10.4. The fourth-order valence-corrected chi connectivity index (χ4v) is 8.28. The predicted octanol–water partition coefficient (Wildman–Crippen LogP) is 11.7. The molecule has 0 saturated carbocycles. The van der Waals surface area contributed by atoms with E-state index < -0.39 is 0 Å². The average molecular weight is 578 g/mol. The van der Waals surface area contributed by atoms with Crippen molar-refractivity contribution in [2.24, 2.45) is 0 Å². The molecular weight excluding hydrogens is 542 g/mol. The van der Waals surface area contributed by atoms with Crippen LogP contribution in [0.15, 0.2) is 140 Å². The normalized spacial score (nSPS) is 14.8. The third kappa shape index (κ3) is 3.87. The highest BCUT2D eigenvalue weighted by molar-refractivity contribution is 6.23. The van der Waals surface area contributed by atoms with Crippen molar-refractivity contribution < 1.29 is 0 Å². The molecule has 0 atom stereocenters. The standard InChI is InChI=1S/C44H35N/c1-44(2)38-22-10-9-20-35(38)42-36(21-12-23-39(42)44)41-32-18-7-8-19-33(32)43(45-27-13-17-30-16-6-11-24-40(30)45)34-26-25-31(28-37(34)41)29-14-4-3-5-15-29/h3-12,14-16,18-26,28H,13,17,27H2,1-2H3. The van der Waals surface area contributed by atoms with E-state index in [2.05, 4.69) is 158 Å². The first-order chi connectivity index (χ1) is 22.1. The first-order valence-electron chi connectivity index (χ1n) is 16.2. The lowest BCUT2D eigenvalue weighted by Gasteiger charge is -2.34. The molecule has 2 aliphatic rings. The molecule has 0 saturated heterocycles. The lowest BCUT2D eigenvalue weighted by molar-refractivity contribution is 0.660. The second-order valence-electron chi connectivity index (χ2n) is 13.2. The fourth-order valence-electron chi connectivity index (χ4n) is 8.28. The van der Waals surface area contributed by atoms with Crippen LogP contribution in [0, 0.1) is 0 Å². The molecule has 7 aromatic carbocycles. The smallest absolute Gasteiger partial charge is 0.0570 e. The van der Waals surface area contributed by atoms with E-state index in [1.54, 1.807) is 0 Å². The quantitative estimate of drug-likeness (QED) is 0.189. The van der Waals surface area contributed by atoms with Crippen LogP contribution in [0.3, 0.4) is 0 Å². The van der Waals surface area contributed by atoms with Crippen molar-refractivity contribution in [3.05, 3.63) is 156 Å². The molecule has 7 aromatic rings. The predicted molar refractivity (Wildman–Crippen MR) is 192 cm³/mol. The average Bonchev–Trinajstić information content (AvgIpc) is 3.33. The van der Waals surface area contributed by atoms with Crippen LogP contribution in [0.25, 0.3) is 54.9 Å². The number of aryl methyl sites for hydroxylation is 1. The van der Waals surface area contributed by atoms with Crippen LogP contribution in [-0.4, -0.2) is 6.54 Å². The molecule has 1 nitrogen and oxygen atoms in total. The molecule has 0 unspecified atom stereocenters. The van der Waals surface area contributed by atoms with Crippen LogP contribution < -0.4 is 4.90 Å². The fraction of sp³-hybridized carbons (Fsp3) is 0.136. The summed E-state index contributed by atoms with van der Waals surface area (Å²) in [4.78, 5) is 2.60. The number of para-hydroxylation sites is 1. The molecule has 45 heavy (non-hydrogen) atoms. The molecule has 0 N–H and O–H groups in total. The largest absolute Gasteiger partial charge is 0.340 e. The zero-order valence-corrected chi connectivity index (χ0v) is 25.8. The number of anilines is 2. The SMILES string of the molecule is CC1(C)c2ccccc2-c2c(-c3c4ccccc4c(N4CCCc5ccccc54)c4ccc(-c5ccccc5)cc34)cccc21. The minimum absolute atomic E-state index is 0.0554. The van der Waals surface area contributed by atoms with Gasteiger partial charge in [0.1, 0.15) is 0 Å². The summed E-state index contributed by atoms with van der Waals surface area (Å²) in [6, 6.07) is 52.1. The summed E-state index contributed by atoms with van der Waals surface area (Å²) in [5.41, 5.74) is 14.7. The summed E-state index contributed by atoms with van der Waals surface area (Å²) >= 11 is 0. The molecule has 216 valence electrons. The second-order valence-corrected chi connectivity index (χ2v) is 13.2. The molecule has 0 aromatic heterocycles. The maximum Gasteiger partial charge on any atom is 0.0570 e. The number of hydrogen-bond donors (Lipinski definition) is 0. The molecule has 1 aliphatic carbocycles. The van der Waals surface area contributed by atoms with Crippen molar-refractivity contribution in [3.8, 4) is 33.4 Å². The van der Waals surface area contributed by atoms with Crippen LogP contribution in [0.1, 0.15) is 37.0 Å². The third-order valence-corrected chi connectivity index (χ3v) is 10.4. The summed E-state index contributed by atoms with van der Waals surface area (Å²) in [6.45, 7) is 5.77. The molecule has 0 radical (unpaired) electrons. The second kappa shape index (κ2) is 9.94. The lowest BCUT2D eigenvalue weighted by atomic mass is 9.81. The van der Waals surface area contributed by atoms with Crippen LogP contribution >= 0.6 is 0 Å². The van der Waals surface area contributed by atoms with Gasteiger partial charge in [0, 0.05) is 28.4 Å². The van der Waals surface area contributed by atoms with Crippen LogP contribution in [0.5, 0.6) is 0 Å². The van der Waals surface area contributed by atoms with Crippen molar-refractivity contribution in [3.63, 3.8) is 0 Å². The number of fused-ring (bicyclic) bond motifs is 6. The Bertz CT molecular complexity index is 2270. The first-order valence-corrected chi connectivity index (χ1v) is 16.2. The Morgan fingerprint density at radius 3 is 2.09 bits per heavy atom. The van der Waals surface area contributed by atoms with Crippen molar-refractivity contribution in [1.82, 2.24) is 0 Å². The molecular formula is C44H35N. The van der Waals surface area contributed by atoms with Crippen LogP contribution in [-0.2, 0) is 11.8 Å². The topological polar surface area (TPSA) is 3.24 Å². The highest BCUT2D eigenvalue weighted by atomic mass is 15.1. The van der Waals surface area contributed by atoms with Gasteiger partial charge in [-0.05, 0) is 85.8 Å². The number of benzene rings is 7. The van der Waals surface area contributed by atoms with Gasteiger partial charge < -0.3 is 4.90 Å². The van der Waals surface area contributed by atoms with Gasteiger partial charge in [-0.3, -0.25) is 0 Å². The number of nitrogens with zero attached hydrogens (tertiary/aromatic N) is 1. The van der Waals surface area contributed by atoms with E-state index in [-0.39, 0.29) is 5.41 Å². The van der Waals surface area contributed by atoms with Gasteiger partial charge in [0.05, 0.1) is 5.69 Å². The number of rotatable bonds is 3. The highest BCUT2D eigenvalue weighted by Gasteiger charge is 2.37. The van der Waals surface area contributed by atoms with Crippen molar-refractivity contribution >= 4 is 32.9 Å². The monoisotopic (exact) mass is 577 g/mol. The Labute approximate surface area is 265 Å². The summed E-state index contributed by atoms with van der Waals surface area (Å²) in [6.07, 6.45) is 2.28. The zero-order valence-electron chi connectivity index (χ0n) is 25.8. The van der Waals surface area contributed by atoms with E-state index in [4.69, 9.17) is 0 Å². The van der Waals surface area contributed by atoms with Gasteiger partial charge in [0.2, 0.25) is 0 Å². The van der Waals surface area contributed by atoms with Crippen molar-refractivity contribution in [2.75, 3.05) is 11.4 Å².